The van der Waals surface area contributed by atoms with Gasteiger partial charge in [0.2, 0.25) is 0 Å². The molecule has 21 heavy (non-hydrogen) atoms. The van der Waals surface area contributed by atoms with E-state index in [0.717, 1.165) is 35.8 Å². The number of carbonyl (C=O) groups is 1. The Morgan fingerprint density at radius 2 is 2.33 bits per heavy atom. The van der Waals surface area contributed by atoms with Crippen LogP contribution in [-0.2, 0) is 0 Å². The highest BCUT2D eigenvalue weighted by atomic mass is 35.5. The molecule has 1 fully saturated rings. The number of urea groups is 1. The van der Waals surface area contributed by atoms with Crippen molar-refractivity contribution in [3.63, 3.8) is 0 Å². The van der Waals surface area contributed by atoms with E-state index in [9.17, 15) is 4.79 Å². The first-order chi connectivity index (χ1) is 10.1. The molecule has 1 heterocycles. The van der Waals surface area contributed by atoms with Gasteiger partial charge in [0.25, 0.3) is 0 Å². The number of ether oxygens (including phenoxy) is 1. The van der Waals surface area contributed by atoms with Crippen LogP contribution in [0.1, 0.15) is 25.3 Å². The Kier molecular flexibility index (Phi) is 5.74. The molecule has 1 atom stereocenters. The van der Waals surface area contributed by atoms with Crippen LogP contribution in [0, 0.1) is 12.8 Å². The second-order valence-corrected chi connectivity index (χ2v) is 6.09. The summed E-state index contributed by atoms with van der Waals surface area (Å²) < 4.78 is 5.61. The topological polar surface area (TPSA) is 41.6 Å². The molecule has 1 aromatic rings. The van der Waals surface area contributed by atoms with E-state index in [1.54, 1.807) is 0 Å². The molecule has 1 aromatic carbocycles. The molecule has 0 spiro atoms. The fraction of sp³-hybridized carbons (Fsp3) is 0.562. The van der Waals surface area contributed by atoms with Crippen molar-refractivity contribution in [2.45, 2.75) is 26.7 Å². The first kappa shape index (κ1) is 16.0. The van der Waals surface area contributed by atoms with Gasteiger partial charge < -0.3 is 15.0 Å². The van der Waals surface area contributed by atoms with Gasteiger partial charge >= 0.3 is 6.03 Å². The maximum atomic E-state index is 12.0. The number of nitrogens with zero attached hydrogens (tertiary/aromatic N) is 1. The molecule has 1 aliphatic rings. The van der Waals surface area contributed by atoms with E-state index in [1.807, 2.05) is 30.0 Å². The summed E-state index contributed by atoms with van der Waals surface area (Å²) in [5.74, 6) is 1.37. The first-order valence-electron chi connectivity index (χ1n) is 7.48. The van der Waals surface area contributed by atoms with E-state index >= 15 is 0 Å². The fourth-order valence-corrected chi connectivity index (χ4v) is 2.64. The van der Waals surface area contributed by atoms with E-state index in [4.69, 9.17) is 16.3 Å². The van der Waals surface area contributed by atoms with Crippen LogP contribution in [0.2, 0.25) is 5.02 Å². The van der Waals surface area contributed by atoms with Crippen molar-refractivity contribution in [2.24, 2.45) is 5.92 Å². The van der Waals surface area contributed by atoms with Gasteiger partial charge in [-0.2, -0.15) is 0 Å². The van der Waals surface area contributed by atoms with Crippen LogP contribution >= 0.6 is 11.6 Å². The summed E-state index contributed by atoms with van der Waals surface area (Å²) in [6.07, 6.45) is 2.30. The number of hydrogen-bond acceptors (Lipinski definition) is 2. The maximum Gasteiger partial charge on any atom is 0.317 e. The van der Waals surface area contributed by atoms with Gasteiger partial charge in [0, 0.05) is 18.1 Å². The minimum atomic E-state index is 0.0115. The van der Waals surface area contributed by atoms with Crippen molar-refractivity contribution < 1.29 is 9.53 Å². The summed E-state index contributed by atoms with van der Waals surface area (Å²) in [6.45, 7) is 6.79. The molecule has 2 amide bonds. The molecule has 0 radical (unpaired) electrons. The second kappa shape index (κ2) is 7.55. The molecule has 2 rings (SSSR count). The van der Waals surface area contributed by atoms with Crippen LogP contribution < -0.4 is 10.1 Å². The van der Waals surface area contributed by atoms with Crippen LogP contribution in [0.4, 0.5) is 4.79 Å². The Hall–Kier alpha value is -1.42. The zero-order valence-electron chi connectivity index (χ0n) is 12.7. The lowest BCUT2D eigenvalue weighted by atomic mass is 10.0. The van der Waals surface area contributed by atoms with E-state index < -0.39 is 0 Å². The number of likely N-dealkylation sites (tertiary alicyclic amines) is 1. The van der Waals surface area contributed by atoms with E-state index in [-0.39, 0.29) is 6.03 Å². The van der Waals surface area contributed by atoms with Gasteiger partial charge in [-0.25, -0.2) is 4.79 Å². The Morgan fingerprint density at radius 1 is 1.52 bits per heavy atom. The SMILES string of the molecule is Cc1cc(OCCNC(=O)N2CCCC(C)C2)ccc1Cl. The summed E-state index contributed by atoms with van der Waals surface area (Å²) in [5.41, 5.74) is 0.987. The second-order valence-electron chi connectivity index (χ2n) is 5.68. The largest absolute Gasteiger partial charge is 0.492 e. The Labute approximate surface area is 131 Å². The number of amides is 2. The van der Waals surface area contributed by atoms with Gasteiger partial charge in [-0.3, -0.25) is 0 Å². The van der Waals surface area contributed by atoms with E-state index in [0.29, 0.717) is 19.1 Å². The summed E-state index contributed by atoms with van der Waals surface area (Å²) in [7, 11) is 0. The van der Waals surface area contributed by atoms with Crippen LogP contribution in [0.25, 0.3) is 0 Å². The molecule has 0 bridgehead atoms. The van der Waals surface area contributed by atoms with E-state index in [1.165, 1.54) is 6.42 Å². The third kappa shape index (κ3) is 4.81. The highest BCUT2D eigenvalue weighted by Gasteiger charge is 2.20. The first-order valence-corrected chi connectivity index (χ1v) is 7.86. The molecule has 1 aliphatic heterocycles. The van der Waals surface area contributed by atoms with Crippen molar-refractivity contribution in [1.29, 1.82) is 0 Å². The zero-order chi connectivity index (χ0) is 15.2. The number of carbonyl (C=O) groups excluding carboxylic acids is 1. The quantitative estimate of drug-likeness (QED) is 0.865. The average molecular weight is 311 g/mol. The molecule has 0 aromatic heterocycles. The van der Waals surface area contributed by atoms with Crippen molar-refractivity contribution in [2.75, 3.05) is 26.2 Å². The standard InChI is InChI=1S/C16H23ClN2O2/c1-12-4-3-8-19(11-12)16(20)18-7-9-21-14-5-6-15(17)13(2)10-14/h5-6,10,12H,3-4,7-9,11H2,1-2H3,(H,18,20). The molecular weight excluding hydrogens is 288 g/mol. The molecule has 116 valence electrons. The molecule has 5 heteroatoms. The van der Waals surface area contributed by atoms with Gasteiger partial charge in [-0.05, 0) is 49.4 Å². The highest BCUT2D eigenvalue weighted by molar-refractivity contribution is 6.31. The smallest absolute Gasteiger partial charge is 0.317 e. The number of aryl methyl sites for hydroxylation is 1. The van der Waals surface area contributed by atoms with Gasteiger partial charge in [-0.15, -0.1) is 0 Å². The minimum absolute atomic E-state index is 0.0115. The van der Waals surface area contributed by atoms with Crippen LogP contribution in [0.15, 0.2) is 18.2 Å². The molecule has 0 aliphatic carbocycles. The minimum Gasteiger partial charge on any atom is -0.492 e. The summed E-state index contributed by atoms with van der Waals surface area (Å²) in [6, 6.07) is 5.57. The molecule has 1 unspecified atom stereocenters. The van der Waals surface area contributed by atoms with E-state index in [2.05, 4.69) is 12.2 Å². The third-order valence-electron chi connectivity index (χ3n) is 3.72. The number of piperidine rings is 1. The molecule has 4 nitrogen and oxygen atoms in total. The summed E-state index contributed by atoms with van der Waals surface area (Å²) in [4.78, 5) is 13.9. The molecule has 0 saturated carbocycles. The van der Waals surface area contributed by atoms with Crippen molar-refractivity contribution in [3.8, 4) is 5.75 Å². The lowest BCUT2D eigenvalue weighted by Gasteiger charge is -2.30. The van der Waals surface area contributed by atoms with Crippen molar-refractivity contribution in [3.05, 3.63) is 28.8 Å². The molecular formula is C16H23ClN2O2. The van der Waals surface area contributed by atoms with Gasteiger partial charge in [0.1, 0.15) is 12.4 Å². The van der Waals surface area contributed by atoms with Crippen LogP contribution in [0.5, 0.6) is 5.75 Å². The normalized spacial score (nSPS) is 18.4. The predicted octanol–water partition coefficient (Wildman–Crippen LogP) is 3.47. The van der Waals surface area contributed by atoms with Crippen LogP contribution in [0.3, 0.4) is 0 Å². The summed E-state index contributed by atoms with van der Waals surface area (Å²) >= 11 is 5.96. The van der Waals surface area contributed by atoms with Crippen molar-refractivity contribution in [1.82, 2.24) is 10.2 Å². The summed E-state index contributed by atoms with van der Waals surface area (Å²) in [5, 5.41) is 3.64. The zero-order valence-corrected chi connectivity index (χ0v) is 13.4. The van der Waals surface area contributed by atoms with Crippen molar-refractivity contribution >= 4 is 17.6 Å². The lowest BCUT2D eigenvalue weighted by Crippen LogP contribution is -2.45. The number of rotatable bonds is 4. The Balaban J connectivity index is 1.69. The number of hydrogen-bond donors (Lipinski definition) is 1. The number of benzene rings is 1. The highest BCUT2D eigenvalue weighted by Crippen LogP contribution is 2.20. The molecule has 1 saturated heterocycles. The van der Waals surface area contributed by atoms with Gasteiger partial charge in [-0.1, -0.05) is 18.5 Å². The Bertz CT molecular complexity index is 493. The Morgan fingerprint density at radius 3 is 3.05 bits per heavy atom. The predicted molar refractivity (Wildman–Crippen MR) is 85.1 cm³/mol. The van der Waals surface area contributed by atoms with Crippen LogP contribution in [-0.4, -0.2) is 37.2 Å². The van der Waals surface area contributed by atoms with Gasteiger partial charge in [0.05, 0.1) is 6.54 Å². The lowest BCUT2D eigenvalue weighted by molar-refractivity contribution is 0.167. The monoisotopic (exact) mass is 310 g/mol. The third-order valence-corrected chi connectivity index (χ3v) is 4.14. The number of halogens is 1. The average Bonchev–Trinajstić information content (AvgIpc) is 2.47. The van der Waals surface area contributed by atoms with Gasteiger partial charge in [0.15, 0.2) is 0 Å². The maximum absolute atomic E-state index is 12.0. The number of nitrogens with one attached hydrogen (secondary N) is 1. The molecule has 1 N–H and O–H groups in total. The fourth-order valence-electron chi connectivity index (χ4n) is 2.52.